The molecule has 184 valence electrons. The molecule has 36 heavy (non-hydrogen) atoms. The molecule has 2 amide bonds. The van der Waals surface area contributed by atoms with Crippen molar-refractivity contribution in [3.63, 3.8) is 0 Å². The van der Waals surface area contributed by atoms with Crippen molar-refractivity contribution >= 4 is 27.8 Å². The predicted molar refractivity (Wildman–Crippen MR) is 130 cm³/mol. The molecule has 3 aromatic rings. The summed E-state index contributed by atoms with van der Waals surface area (Å²) in [6.45, 7) is 1.24. The maximum absolute atomic E-state index is 14.0. The molecule has 2 aliphatic rings. The van der Waals surface area contributed by atoms with E-state index in [-0.39, 0.29) is 17.9 Å². The van der Waals surface area contributed by atoms with Gasteiger partial charge in [0.2, 0.25) is 0 Å². The Morgan fingerprint density at radius 2 is 1.44 bits per heavy atom. The summed E-state index contributed by atoms with van der Waals surface area (Å²) >= 11 is 0. The van der Waals surface area contributed by atoms with E-state index in [2.05, 4.69) is 0 Å². The number of hydrogen-bond donors (Lipinski definition) is 0. The highest BCUT2D eigenvalue weighted by Crippen LogP contribution is 2.55. The van der Waals surface area contributed by atoms with E-state index in [1.807, 2.05) is 0 Å². The van der Waals surface area contributed by atoms with Crippen LogP contribution in [0.2, 0.25) is 0 Å². The number of hydrogen-bond acceptors (Lipinski definition) is 6. The van der Waals surface area contributed by atoms with Crippen LogP contribution in [0.25, 0.3) is 0 Å². The summed E-state index contributed by atoms with van der Waals surface area (Å²) in [6, 6.07) is 23.9. The highest BCUT2D eigenvalue weighted by molar-refractivity contribution is 7.89. The van der Waals surface area contributed by atoms with Crippen LogP contribution in [0.4, 0.5) is 0 Å². The Labute approximate surface area is 209 Å². The average Bonchev–Trinajstić information content (AvgIpc) is 3.28. The van der Waals surface area contributed by atoms with Gasteiger partial charge in [-0.2, -0.15) is 0 Å². The van der Waals surface area contributed by atoms with E-state index in [9.17, 15) is 22.8 Å². The van der Waals surface area contributed by atoms with Crippen molar-refractivity contribution in [2.24, 2.45) is 0 Å². The number of carbonyl (C=O) groups excluding carboxylic acids is 3. The van der Waals surface area contributed by atoms with Gasteiger partial charge in [-0.05, 0) is 29.8 Å². The lowest BCUT2D eigenvalue weighted by Crippen LogP contribution is -2.75. The summed E-state index contributed by atoms with van der Waals surface area (Å²) in [4.78, 5) is 40.8. The zero-order valence-electron chi connectivity index (χ0n) is 19.5. The minimum atomic E-state index is -4.23. The molecule has 2 heterocycles. The first kappa shape index (κ1) is 23.7. The molecule has 1 spiro atoms. The van der Waals surface area contributed by atoms with Gasteiger partial charge in [0.05, 0.1) is 11.4 Å². The summed E-state index contributed by atoms with van der Waals surface area (Å²) in [6.07, 6.45) is -0.767. The number of β-lactam (4-membered cyclic amide) rings is 1. The molecule has 0 aliphatic carbocycles. The minimum absolute atomic E-state index is 0.00957. The second kappa shape index (κ2) is 8.91. The number of sulfonamides is 1. The zero-order valence-corrected chi connectivity index (χ0v) is 20.3. The minimum Gasteiger partial charge on any atom is -0.461 e. The summed E-state index contributed by atoms with van der Waals surface area (Å²) in [5.41, 5.74) is -0.619. The Morgan fingerprint density at radius 1 is 0.889 bits per heavy atom. The molecule has 3 aromatic carbocycles. The van der Waals surface area contributed by atoms with E-state index >= 15 is 0 Å². The monoisotopic (exact) mass is 504 g/mol. The van der Waals surface area contributed by atoms with Crippen molar-refractivity contribution in [2.45, 2.75) is 35.9 Å². The van der Waals surface area contributed by atoms with Crippen LogP contribution in [-0.4, -0.2) is 53.6 Å². The van der Waals surface area contributed by atoms with Crippen LogP contribution in [0.5, 0.6) is 0 Å². The molecule has 0 bridgehead atoms. The van der Waals surface area contributed by atoms with Crippen LogP contribution < -0.4 is 0 Å². The van der Waals surface area contributed by atoms with E-state index in [4.69, 9.17) is 4.74 Å². The molecule has 0 aromatic heterocycles. The van der Waals surface area contributed by atoms with Crippen LogP contribution in [-0.2, 0) is 24.3 Å². The highest BCUT2D eigenvalue weighted by atomic mass is 32.2. The largest absolute Gasteiger partial charge is 0.461 e. The molecule has 8 nitrogen and oxygen atoms in total. The van der Waals surface area contributed by atoms with Crippen LogP contribution in [0.1, 0.15) is 35.3 Å². The van der Waals surface area contributed by atoms with Crippen molar-refractivity contribution in [2.75, 3.05) is 6.54 Å². The highest BCUT2D eigenvalue weighted by Gasteiger charge is 2.72. The summed E-state index contributed by atoms with van der Waals surface area (Å²) < 4.78 is 33.6. The van der Waals surface area contributed by atoms with Gasteiger partial charge in [-0.1, -0.05) is 66.7 Å². The Hall–Kier alpha value is -3.98. The van der Waals surface area contributed by atoms with Gasteiger partial charge in [-0.15, -0.1) is 0 Å². The number of nitrogens with zero attached hydrogens (tertiary/aromatic N) is 2. The molecular formula is C27H24N2O6S. The number of likely N-dealkylation sites (tertiary alicyclic amines) is 1. The molecule has 9 heteroatoms. The predicted octanol–water partition coefficient (Wildman–Crippen LogP) is 3.18. The molecule has 0 unspecified atom stereocenters. The summed E-state index contributed by atoms with van der Waals surface area (Å²) in [5.74, 6) is -1.70. The number of rotatable bonds is 5. The van der Waals surface area contributed by atoms with Gasteiger partial charge in [0.25, 0.3) is 21.8 Å². The molecule has 0 N–H and O–H groups in total. The molecule has 2 aliphatic heterocycles. The fourth-order valence-electron chi connectivity index (χ4n) is 5.22. The molecule has 0 radical (unpaired) electrons. The van der Waals surface area contributed by atoms with Crippen molar-refractivity contribution in [3.05, 3.63) is 102 Å². The van der Waals surface area contributed by atoms with Gasteiger partial charge in [0.1, 0.15) is 12.1 Å². The van der Waals surface area contributed by atoms with Crippen LogP contribution >= 0.6 is 0 Å². The maximum Gasteiger partial charge on any atom is 0.302 e. The Bertz CT molecular complexity index is 1410. The van der Waals surface area contributed by atoms with Crippen LogP contribution in [0.15, 0.2) is 95.9 Å². The quantitative estimate of drug-likeness (QED) is 0.391. The van der Waals surface area contributed by atoms with Crippen molar-refractivity contribution in [1.82, 2.24) is 9.21 Å². The third kappa shape index (κ3) is 3.67. The second-order valence-corrected chi connectivity index (χ2v) is 10.7. The number of esters is 1. The Balaban J connectivity index is 1.66. The molecule has 2 saturated heterocycles. The fraction of sp³-hybridized carbons (Fsp3) is 0.222. The van der Waals surface area contributed by atoms with E-state index in [1.54, 1.807) is 78.9 Å². The van der Waals surface area contributed by atoms with Crippen LogP contribution in [0.3, 0.4) is 0 Å². The van der Waals surface area contributed by atoms with Crippen LogP contribution in [0, 0.1) is 0 Å². The summed E-state index contributed by atoms with van der Waals surface area (Å²) in [7, 11) is -4.23. The standard InChI is InChI=1S/C27H24N2O6S/c1-19(30)35-22-17-27(28(18-22)25(31)21-13-7-3-8-14-21)24(20-11-5-2-6-12-20)29(26(27)32)36(33,34)23-15-9-4-10-16-23/h2-16,22,24H,17-18H2,1H3/t22-,24-,27+/m1/s1. The van der Waals surface area contributed by atoms with Gasteiger partial charge in [-0.25, -0.2) is 12.7 Å². The Morgan fingerprint density at radius 3 is 2.03 bits per heavy atom. The first-order valence-electron chi connectivity index (χ1n) is 11.5. The normalized spacial score (nSPS) is 23.4. The van der Waals surface area contributed by atoms with E-state index in [0.29, 0.717) is 11.1 Å². The lowest BCUT2D eigenvalue weighted by atomic mass is 9.74. The molecule has 0 saturated carbocycles. The van der Waals surface area contributed by atoms with E-state index < -0.39 is 45.5 Å². The van der Waals surface area contributed by atoms with Gasteiger partial charge >= 0.3 is 5.97 Å². The lowest BCUT2D eigenvalue weighted by molar-refractivity contribution is -0.160. The van der Waals surface area contributed by atoms with Gasteiger partial charge in [0.15, 0.2) is 5.54 Å². The topological polar surface area (TPSA) is 101 Å². The maximum atomic E-state index is 14.0. The first-order valence-corrected chi connectivity index (χ1v) is 12.9. The van der Waals surface area contributed by atoms with Gasteiger partial charge in [-0.3, -0.25) is 14.4 Å². The second-order valence-electron chi connectivity index (χ2n) is 8.87. The third-order valence-corrected chi connectivity index (χ3v) is 8.44. The number of carbonyl (C=O) groups is 3. The van der Waals surface area contributed by atoms with Crippen molar-refractivity contribution in [3.8, 4) is 0 Å². The number of amides is 2. The third-order valence-electron chi connectivity index (χ3n) is 6.68. The lowest BCUT2D eigenvalue weighted by Gasteiger charge is -2.56. The van der Waals surface area contributed by atoms with Gasteiger partial charge < -0.3 is 9.64 Å². The molecular weight excluding hydrogens is 480 g/mol. The first-order chi connectivity index (χ1) is 17.3. The van der Waals surface area contributed by atoms with Crippen molar-refractivity contribution < 1.29 is 27.5 Å². The number of benzene rings is 3. The molecule has 2 fully saturated rings. The molecule has 3 atom stereocenters. The smallest absolute Gasteiger partial charge is 0.302 e. The average molecular weight is 505 g/mol. The van der Waals surface area contributed by atoms with Gasteiger partial charge in [0, 0.05) is 18.9 Å². The number of ether oxygens (including phenoxy) is 1. The summed E-state index contributed by atoms with van der Waals surface area (Å²) in [5, 5.41) is 0. The van der Waals surface area contributed by atoms with Crippen molar-refractivity contribution in [1.29, 1.82) is 0 Å². The van der Waals surface area contributed by atoms with E-state index in [1.165, 1.54) is 24.0 Å². The Kier molecular flexibility index (Phi) is 5.88. The molecule has 5 rings (SSSR count). The zero-order chi connectivity index (χ0) is 25.5. The van der Waals surface area contributed by atoms with E-state index in [0.717, 1.165) is 4.31 Å². The SMILES string of the molecule is CC(=O)O[C@H]1CN(C(=O)c2ccccc2)[C@]2(C1)C(=O)N(S(=O)(=O)c1ccccc1)[C@@H]2c1ccccc1. The fourth-order valence-corrected chi connectivity index (χ4v) is 6.90.